The fourth-order valence-corrected chi connectivity index (χ4v) is 5.57. The number of azide groups is 2. The van der Waals surface area contributed by atoms with Gasteiger partial charge in [-0.15, -0.1) is 0 Å². The second kappa shape index (κ2) is 13.4. The highest BCUT2D eigenvalue weighted by Crippen LogP contribution is 2.33. The molecule has 4 heterocycles. The maximum atomic E-state index is 13.3. The van der Waals surface area contributed by atoms with E-state index in [1.54, 1.807) is 35.3 Å². The Kier molecular flexibility index (Phi) is 9.28. The van der Waals surface area contributed by atoms with E-state index in [1.165, 1.54) is 5.01 Å². The Labute approximate surface area is 241 Å². The zero-order valence-electron chi connectivity index (χ0n) is 22.9. The Bertz CT molecular complexity index is 1340. The topological polar surface area (TPSA) is 222 Å². The first-order valence-electron chi connectivity index (χ1n) is 13.7. The maximum absolute atomic E-state index is 13.3. The number of dihydropyridines is 1. The molecule has 3 saturated heterocycles. The maximum Gasteiger partial charge on any atom is 0.254 e. The second-order valence-electron chi connectivity index (χ2n) is 10.0. The molecular formula is C25H33N13O4. The van der Waals surface area contributed by atoms with Crippen LogP contribution in [0.25, 0.3) is 20.9 Å². The average molecular weight is 580 g/mol. The summed E-state index contributed by atoms with van der Waals surface area (Å²) in [5.74, 6) is 7.04. The van der Waals surface area contributed by atoms with E-state index in [1.807, 2.05) is 4.90 Å². The third-order valence-electron chi connectivity index (χ3n) is 7.63. The van der Waals surface area contributed by atoms with Crippen LogP contribution in [0.3, 0.4) is 0 Å². The molecule has 0 saturated carbocycles. The fraction of sp³-hybridized carbons (Fsp3) is 0.520. The van der Waals surface area contributed by atoms with E-state index < -0.39 is 12.2 Å². The molecule has 17 nitrogen and oxygen atoms in total. The number of hydrazine groups is 1. The number of anilines is 1. The van der Waals surface area contributed by atoms with Crippen molar-refractivity contribution in [3.63, 3.8) is 0 Å². The van der Waals surface area contributed by atoms with Gasteiger partial charge in [-0.2, -0.15) is 0 Å². The van der Waals surface area contributed by atoms with E-state index in [9.17, 15) is 9.59 Å². The molecule has 0 radical (unpaired) electrons. The highest BCUT2D eigenvalue weighted by atomic mass is 16.5. The fourth-order valence-electron chi connectivity index (χ4n) is 5.57. The predicted molar refractivity (Wildman–Crippen MR) is 151 cm³/mol. The molecule has 1 aromatic rings. The van der Waals surface area contributed by atoms with Crippen LogP contribution in [0.5, 0.6) is 5.75 Å². The van der Waals surface area contributed by atoms with E-state index >= 15 is 0 Å². The molecule has 17 heteroatoms. The van der Waals surface area contributed by atoms with Crippen LogP contribution in [0.4, 0.5) is 5.69 Å². The molecule has 0 aromatic heterocycles. The van der Waals surface area contributed by atoms with Crippen molar-refractivity contribution in [3.05, 3.63) is 68.3 Å². The Hall–Kier alpha value is -4.50. The minimum Gasteiger partial charge on any atom is -0.485 e. The molecule has 1 unspecified atom stereocenters. The number of benzene rings is 1. The van der Waals surface area contributed by atoms with E-state index in [4.69, 9.17) is 26.4 Å². The summed E-state index contributed by atoms with van der Waals surface area (Å²) in [6.07, 6.45) is 4.38. The molecule has 5 rings (SSSR count). The van der Waals surface area contributed by atoms with Crippen LogP contribution in [0.15, 0.2) is 52.1 Å². The minimum atomic E-state index is -0.702. The average Bonchev–Trinajstić information content (AvgIpc) is 3.03. The smallest absolute Gasteiger partial charge is 0.254 e. The van der Waals surface area contributed by atoms with Crippen molar-refractivity contribution in [1.82, 2.24) is 25.8 Å². The van der Waals surface area contributed by atoms with Gasteiger partial charge in [-0.05, 0) is 54.3 Å². The number of nitrogens with zero attached hydrogens (tertiary/aromatic N) is 9. The number of amides is 2. The first-order chi connectivity index (χ1) is 20.5. The van der Waals surface area contributed by atoms with Crippen LogP contribution in [-0.4, -0.2) is 92.5 Å². The first-order valence-corrected chi connectivity index (χ1v) is 13.7. The zero-order valence-corrected chi connectivity index (χ0v) is 22.9. The molecule has 3 fully saturated rings. The third kappa shape index (κ3) is 6.21. The molecule has 4 aliphatic heterocycles. The third-order valence-corrected chi connectivity index (χ3v) is 7.63. The number of nitrogens with one attached hydrogen (secondary N) is 3. The molecule has 1 aromatic carbocycles. The number of allylic oxidation sites excluding steroid dienone is 2. The van der Waals surface area contributed by atoms with Crippen molar-refractivity contribution < 1.29 is 19.1 Å². The number of nitrogens with two attached hydrogens (primary N) is 1. The number of hydrogen-bond acceptors (Lipinski definition) is 11. The standard InChI is InChI=1S/C25H33N13O4/c26-34-30-14-20-24(39)32-18-2-4-22(33-23(18)37(20)17-5-11-41-12-6-17)38(28)19-13-16(1-3-21(19)42-15-31-35-27)25(40)36-9-7-29-8-10-36/h1-4,13,17,20,23,29,33H,5-12,14-15,28H2,(H,32,39)/t20-,23?/m1/s1. The number of carbonyl (C=O) groups is 2. The Balaban J connectivity index is 1.46. The number of fused-ring (bicyclic) bond motifs is 1. The molecule has 5 N–H and O–H groups in total. The lowest BCUT2D eigenvalue weighted by atomic mass is 9.98. The molecule has 2 amide bonds. The number of hydrogen-bond donors (Lipinski definition) is 4. The van der Waals surface area contributed by atoms with Crippen LogP contribution in [0.1, 0.15) is 23.2 Å². The summed E-state index contributed by atoms with van der Waals surface area (Å²) in [6, 6.07) is 4.19. The predicted octanol–water partition coefficient (Wildman–Crippen LogP) is 1.00. The van der Waals surface area contributed by atoms with E-state index in [-0.39, 0.29) is 31.1 Å². The Morgan fingerprint density at radius 1 is 1.17 bits per heavy atom. The van der Waals surface area contributed by atoms with Crippen LogP contribution in [-0.2, 0) is 9.53 Å². The highest BCUT2D eigenvalue weighted by Gasteiger charge is 2.44. The molecule has 4 aliphatic rings. The van der Waals surface area contributed by atoms with Gasteiger partial charge >= 0.3 is 0 Å². The van der Waals surface area contributed by atoms with Gasteiger partial charge in [-0.25, -0.2) is 5.84 Å². The van der Waals surface area contributed by atoms with E-state index in [0.29, 0.717) is 80.8 Å². The monoisotopic (exact) mass is 579 g/mol. The summed E-state index contributed by atoms with van der Waals surface area (Å²) >= 11 is 0. The highest BCUT2D eigenvalue weighted by molar-refractivity contribution is 5.96. The van der Waals surface area contributed by atoms with Gasteiger partial charge in [0.05, 0.1) is 18.3 Å². The quantitative estimate of drug-likeness (QED) is 0.108. The van der Waals surface area contributed by atoms with Crippen LogP contribution >= 0.6 is 0 Å². The summed E-state index contributed by atoms with van der Waals surface area (Å²) in [4.78, 5) is 35.7. The van der Waals surface area contributed by atoms with Crippen LogP contribution in [0.2, 0.25) is 0 Å². The Morgan fingerprint density at radius 3 is 2.67 bits per heavy atom. The van der Waals surface area contributed by atoms with E-state index in [2.05, 4.69) is 36.0 Å². The van der Waals surface area contributed by atoms with Crippen LogP contribution in [0, 0.1) is 0 Å². The van der Waals surface area contributed by atoms with Gasteiger partial charge < -0.3 is 30.3 Å². The molecule has 0 spiro atoms. The number of rotatable bonds is 9. The molecule has 2 atom stereocenters. The lowest BCUT2D eigenvalue weighted by Gasteiger charge is -2.49. The van der Waals surface area contributed by atoms with Crippen molar-refractivity contribution in [2.75, 3.05) is 57.7 Å². The molecule has 222 valence electrons. The summed E-state index contributed by atoms with van der Waals surface area (Å²) in [5.41, 5.74) is 19.1. The lowest BCUT2D eigenvalue weighted by molar-refractivity contribution is -0.132. The van der Waals surface area contributed by atoms with Crippen molar-refractivity contribution >= 4 is 17.5 Å². The summed E-state index contributed by atoms with van der Waals surface area (Å²) in [5, 5.41) is 18.1. The largest absolute Gasteiger partial charge is 0.485 e. The summed E-state index contributed by atoms with van der Waals surface area (Å²) < 4.78 is 11.2. The lowest BCUT2D eigenvalue weighted by Crippen LogP contribution is -2.68. The first kappa shape index (κ1) is 29.0. The van der Waals surface area contributed by atoms with E-state index in [0.717, 1.165) is 0 Å². The molecule has 42 heavy (non-hydrogen) atoms. The summed E-state index contributed by atoms with van der Waals surface area (Å²) in [6.45, 7) is 3.38. The number of carbonyl (C=O) groups excluding carboxylic acids is 2. The number of piperazine rings is 2. The number of ether oxygens (including phenoxy) is 2. The van der Waals surface area contributed by atoms with Gasteiger partial charge in [0.15, 0.2) is 6.73 Å². The Morgan fingerprint density at radius 2 is 1.93 bits per heavy atom. The van der Waals surface area contributed by atoms with Gasteiger partial charge in [0.2, 0.25) is 5.91 Å². The molecule has 0 aliphatic carbocycles. The van der Waals surface area contributed by atoms with Gasteiger partial charge in [0.1, 0.15) is 23.4 Å². The van der Waals surface area contributed by atoms with Crippen molar-refractivity contribution in [2.24, 2.45) is 16.1 Å². The van der Waals surface area contributed by atoms with Crippen LogP contribution < -0.4 is 31.5 Å². The molecule has 0 bridgehead atoms. The summed E-state index contributed by atoms with van der Waals surface area (Å²) in [7, 11) is 0. The van der Waals surface area contributed by atoms with Gasteiger partial charge in [-0.1, -0.05) is 10.2 Å². The van der Waals surface area contributed by atoms with Gasteiger partial charge in [0.25, 0.3) is 5.91 Å². The van der Waals surface area contributed by atoms with Gasteiger partial charge in [-0.3, -0.25) is 19.5 Å². The van der Waals surface area contributed by atoms with Crippen molar-refractivity contribution in [3.8, 4) is 5.75 Å². The minimum absolute atomic E-state index is 0.0158. The zero-order chi connectivity index (χ0) is 29.5. The van der Waals surface area contributed by atoms with Crippen molar-refractivity contribution in [1.29, 1.82) is 0 Å². The molecular weight excluding hydrogens is 546 g/mol. The van der Waals surface area contributed by atoms with Crippen molar-refractivity contribution in [2.45, 2.75) is 31.1 Å². The normalized spacial score (nSPS) is 22.7. The SMILES string of the molecule is [N-]=[N+]=NCOc1ccc(C(=O)N2CCNCC2)cc1N(N)C1=CC=C2NC(=O)[C@@H](CN=[N+]=[N-])N(C3CCOCC3)C2N1. The van der Waals surface area contributed by atoms with Gasteiger partial charge in [0, 0.05) is 60.8 Å². The second-order valence-corrected chi connectivity index (χ2v) is 10.0.